The molecule has 2 aromatic carbocycles. The molecule has 142 valence electrons. The molecule has 2 aromatic rings. The smallest absolute Gasteiger partial charge is 0.338 e. The molecule has 0 N–H and O–H groups in total. The van der Waals surface area contributed by atoms with Crippen LogP contribution in [-0.4, -0.2) is 37.2 Å². The fraction of sp³-hybridized carbons (Fsp3) is 0.316. The first-order valence-electron chi connectivity index (χ1n) is 8.54. The molecule has 0 aromatic heterocycles. The molecule has 1 aliphatic rings. The third kappa shape index (κ3) is 4.37. The molecule has 0 spiro atoms. The van der Waals surface area contributed by atoms with Gasteiger partial charge in [0.25, 0.3) is 5.69 Å². The fourth-order valence-electron chi connectivity index (χ4n) is 2.97. The van der Waals surface area contributed by atoms with Crippen LogP contribution >= 0.6 is 11.6 Å². The van der Waals surface area contributed by atoms with E-state index in [9.17, 15) is 14.9 Å². The number of rotatable bonds is 5. The van der Waals surface area contributed by atoms with Crippen LogP contribution in [0.25, 0.3) is 0 Å². The van der Waals surface area contributed by atoms with Gasteiger partial charge in [-0.1, -0.05) is 29.8 Å². The van der Waals surface area contributed by atoms with E-state index >= 15 is 0 Å². The summed E-state index contributed by atoms with van der Waals surface area (Å²) < 4.78 is 10.7. The second kappa shape index (κ2) is 8.37. The maximum absolute atomic E-state index is 12.5. The van der Waals surface area contributed by atoms with E-state index in [1.807, 2.05) is 4.90 Å². The van der Waals surface area contributed by atoms with E-state index in [-0.39, 0.29) is 11.3 Å². The minimum atomic E-state index is -0.640. The van der Waals surface area contributed by atoms with Gasteiger partial charge in [-0.05, 0) is 25.1 Å². The molecule has 8 heteroatoms. The van der Waals surface area contributed by atoms with Gasteiger partial charge in [0.1, 0.15) is 11.8 Å². The van der Waals surface area contributed by atoms with Crippen molar-refractivity contribution >= 4 is 28.9 Å². The van der Waals surface area contributed by atoms with Crippen LogP contribution in [0.15, 0.2) is 42.5 Å². The lowest BCUT2D eigenvalue weighted by Gasteiger charge is -2.28. The van der Waals surface area contributed by atoms with Crippen LogP contribution in [0.4, 0.5) is 11.4 Å². The zero-order valence-corrected chi connectivity index (χ0v) is 15.5. The molecule has 1 fully saturated rings. The molecule has 1 atom stereocenters. The van der Waals surface area contributed by atoms with Crippen molar-refractivity contribution in [3.63, 3.8) is 0 Å². The Hall–Kier alpha value is -2.64. The predicted octanol–water partition coefficient (Wildman–Crippen LogP) is 4.00. The zero-order valence-electron chi connectivity index (χ0n) is 14.8. The average molecular weight is 391 g/mol. The van der Waals surface area contributed by atoms with Crippen molar-refractivity contribution in [1.82, 2.24) is 0 Å². The molecule has 3 rings (SSSR count). The highest BCUT2D eigenvalue weighted by molar-refractivity contribution is 6.31. The van der Waals surface area contributed by atoms with Crippen molar-refractivity contribution in [2.24, 2.45) is 0 Å². The Kier molecular flexibility index (Phi) is 5.93. The lowest BCUT2D eigenvalue weighted by atomic mass is 10.1. The average Bonchev–Trinajstić information content (AvgIpc) is 2.68. The molecule has 0 bridgehead atoms. The maximum atomic E-state index is 12.5. The van der Waals surface area contributed by atoms with Gasteiger partial charge in [-0.2, -0.15) is 0 Å². The van der Waals surface area contributed by atoms with Gasteiger partial charge < -0.3 is 14.4 Å². The molecule has 0 saturated carbocycles. The van der Waals surface area contributed by atoms with Gasteiger partial charge >= 0.3 is 5.97 Å². The van der Waals surface area contributed by atoms with Gasteiger partial charge in [-0.15, -0.1) is 0 Å². The van der Waals surface area contributed by atoms with Gasteiger partial charge in [0.2, 0.25) is 0 Å². The normalized spacial score (nSPS) is 15.3. The fourth-order valence-corrected chi connectivity index (χ4v) is 3.25. The Bertz CT molecular complexity index is 852. The van der Waals surface area contributed by atoms with E-state index in [4.69, 9.17) is 21.1 Å². The largest absolute Gasteiger partial charge is 0.454 e. The van der Waals surface area contributed by atoms with Gasteiger partial charge in [-0.3, -0.25) is 10.1 Å². The van der Waals surface area contributed by atoms with E-state index in [1.165, 1.54) is 6.07 Å². The minimum Gasteiger partial charge on any atom is -0.454 e. The Balaban J connectivity index is 1.81. The number of morpholine rings is 1. The van der Waals surface area contributed by atoms with Crippen LogP contribution in [0.2, 0.25) is 5.02 Å². The van der Waals surface area contributed by atoms with Crippen molar-refractivity contribution in [3.8, 4) is 0 Å². The van der Waals surface area contributed by atoms with Gasteiger partial charge in [0.15, 0.2) is 0 Å². The first-order valence-corrected chi connectivity index (χ1v) is 8.91. The molecule has 1 heterocycles. The van der Waals surface area contributed by atoms with Crippen LogP contribution in [0, 0.1) is 10.1 Å². The van der Waals surface area contributed by atoms with Crippen molar-refractivity contribution in [3.05, 3.63) is 68.7 Å². The summed E-state index contributed by atoms with van der Waals surface area (Å²) in [5, 5.41) is 12.0. The summed E-state index contributed by atoms with van der Waals surface area (Å²) in [5.74, 6) is -0.640. The van der Waals surface area contributed by atoms with E-state index in [1.54, 1.807) is 43.3 Å². The molecule has 1 saturated heterocycles. The lowest BCUT2D eigenvalue weighted by molar-refractivity contribution is -0.384. The molecule has 27 heavy (non-hydrogen) atoms. The number of carbonyl (C=O) groups excluding carboxylic acids is 1. The van der Waals surface area contributed by atoms with Gasteiger partial charge in [0.05, 0.1) is 23.7 Å². The SMILES string of the molecule is CC(OC(=O)c1ccc(N2CCOCC2)c([N+](=O)[O-])c1)c1ccccc1Cl. The van der Waals surface area contributed by atoms with Gasteiger partial charge in [0, 0.05) is 29.7 Å². The van der Waals surface area contributed by atoms with Crippen LogP contribution in [0.1, 0.15) is 28.9 Å². The number of nitrogens with zero attached hydrogens (tertiary/aromatic N) is 2. The van der Waals surface area contributed by atoms with Crippen molar-refractivity contribution in [2.75, 3.05) is 31.2 Å². The monoisotopic (exact) mass is 390 g/mol. The van der Waals surface area contributed by atoms with E-state index < -0.39 is 17.0 Å². The Morgan fingerprint density at radius 3 is 2.63 bits per heavy atom. The third-order valence-electron chi connectivity index (χ3n) is 4.39. The number of halogens is 1. The Morgan fingerprint density at radius 1 is 1.26 bits per heavy atom. The maximum Gasteiger partial charge on any atom is 0.338 e. The zero-order chi connectivity index (χ0) is 19.4. The highest BCUT2D eigenvalue weighted by Crippen LogP contribution is 2.31. The molecule has 0 amide bonds. The minimum absolute atomic E-state index is 0.123. The number of nitro benzene ring substituents is 1. The summed E-state index contributed by atoms with van der Waals surface area (Å²) in [6, 6.07) is 11.4. The van der Waals surface area contributed by atoms with E-state index in [2.05, 4.69) is 0 Å². The summed E-state index contributed by atoms with van der Waals surface area (Å²) in [6.07, 6.45) is -0.579. The van der Waals surface area contributed by atoms with E-state index in [0.29, 0.717) is 42.6 Å². The number of anilines is 1. The molecule has 7 nitrogen and oxygen atoms in total. The second-order valence-corrected chi connectivity index (χ2v) is 6.54. The first-order chi connectivity index (χ1) is 13.0. The molecule has 0 aliphatic carbocycles. The second-order valence-electron chi connectivity index (χ2n) is 6.13. The van der Waals surface area contributed by atoms with Crippen LogP contribution in [0.3, 0.4) is 0 Å². The van der Waals surface area contributed by atoms with Crippen molar-refractivity contribution in [1.29, 1.82) is 0 Å². The quantitative estimate of drug-likeness (QED) is 0.436. The topological polar surface area (TPSA) is 81.9 Å². The summed E-state index contributed by atoms with van der Waals surface area (Å²) in [7, 11) is 0. The Labute approximate surface area is 161 Å². The third-order valence-corrected chi connectivity index (χ3v) is 4.73. The summed E-state index contributed by atoms with van der Waals surface area (Å²) >= 11 is 6.13. The predicted molar refractivity (Wildman–Crippen MR) is 101 cm³/mol. The summed E-state index contributed by atoms with van der Waals surface area (Å²) in [6.45, 7) is 3.85. The number of ether oxygens (including phenoxy) is 2. The van der Waals surface area contributed by atoms with Crippen LogP contribution in [-0.2, 0) is 9.47 Å². The number of hydrogen-bond acceptors (Lipinski definition) is 6. The summed E-state index contributed by atoms with van der Waals surface area (Å²) in [4.78, 5) is 25.4. The Morgan fingerprint density at radius 2 is 1.96 bits per heavy atom. The first kappa shape index (κ1) is 19.1. The van der Waals surface area contributed by atoms with Crippen LogP contribution in [0.5, 0.6) is 0 Å². The number of nitro groups is 1. The molecule has 1 unspecified atom stereocenters. The number of benzene rings is 2. The number of hydrogen-bond donors (Lipinski definition) is 0. The molecule has 0 radical (unpaired) electrons. The van der Waals surface area contributed by atoms with Gasteiger partial charge in [-0.25, -0.2) is 4.79 Å². The van der Waals surface area contributed by atoms with Crippen LogP contribution < -0.4 is 4.90 Å². The van der Waals surface area contributed by atoms with E-state index in [0.717, 1.165) is 0 Å². The lowest BCUT2D eigenvalue weighted by Crippen LogP contribution is -2.36. The number of esters is 1. The van der Waals surface area contributed by atoms with Crippen molar-refractivity contribution in [2.45, 2.75) is 13.0 Å². The number of carbonyl (C=O) groups is 1. The highest BCUT2D eigenvalue weighted by Gasteiger charge is 2.24. The summed E-state index contributed by atoms with van der Waals surface area (Å²) in [5.41, 5.74) is 1.14. The van der Waals surface area contributed by atoms with Crippen molar-refractivity contribution < 1.29 is 19.2 Å². The molecular weight excluding hydrogens is 372 g/mol. The standard InChI is InChI=1S/C19H19ClN2O5/c1-13(15-4-2-3-5-16(15)20)27-19(23)14-6-7-17(18(12-14)22(24)25)21-8-10-26-11-9-21/h2-7,12-13H,8-11H2,1H3. The molecule has 1 aliphatic heterocycles. The highest BCUT2D eigenvalue weighted by atomic mass is 35.5. The molecular formula is C19H19ClN2O5.